The second-order valence-corrected chi connectivity index (χ2v) is 7.42. The summed E-state index contributed by atoms with van der Waals surface area (Å²) < 4.78 is 5.58. The number of hydrogen-bond donors (Lipinski definition) is 0. The number of anilines is 2. The lowest BCUT2D eigenvalue weighted by Crippen LogP contribution is -2.48. The monoisotopic (exact) mass is 323 g/mol. The molecule has 0 spiro atoms. The first-order valence-electron chi connectivity index (χ1n) is 7.63. The standard InChI is InChI=1S/C16H22ClN3O2/c1-9-10(2)13(17)18-14-12(9)19-7-6-11(8-19)20(14)15(21)22-16(3,4)5/h11H,6-8H2,1-5H3. The van der Waals surface area contributed by atoms with Crippen molar-refractivity contribution in [2.45, 2.75) is 52.7 Å². The van der Waals surface area contributed by atoms with Gasteiger partial charge in [-0.1, -0.05) is 11.6 Å². The number of pyridine rings is 1. The molecule has 1 saturated heterocycles. The molecule has 3 rings (SSSR count). The van der Waals surface area contributed by atoms with Crippen LogP contribution in [0.5, 0.6) is 0 Å². The Hall–Kier alpha value is -1.49. The molecule has 3 heterocycles. The Balaban J connectivity index is 2.09. The van der Waals surface area contributed by atoms with Gasteiger partial charge in [-0.25, -0.2) is 9.78 Å². The number of carbonyl (C=O) groups excluding carboxylic acids is 1. The van der Waals surface area contributed by atoms with Crippen molar-refractivity contribution in [3.63, 3.8) is 0 Å². The smallest absolute Gasteiger partial charge is 0.416 e. The van der Waals surface area contributed by atoms with Crippen molar-refractivity contribution in [1.29, 1.82) is 0 Å². The van der Waals surface area contributed by atoms with E-state index in [4.69, 9.17) is 16.3 Å². The molecule has 0 radical (unpaired) electrons. The topological polar surface area (TPSA) is 45.7 Å². The molecule has 6 heteroatoms. The van der Waals surface area contributed by atoms with Crippen LogP contribution in [0.4, 0.5) is 16.3 Å². The number of fused-ring (bicyclic) bond motifs is 4. The molecule has 0 N–H and O–H groups in total. The Morgan fingerprint density at radius 1 is 1.32 bits per heavy atom. The van der Waals surface area contributed by atoms with E-state index in [1.54, 1.807) is 4.90 Å². The number of halogens is 1. The van der Waals surface area contributed by atoms with Crippen LogP contribution in [0.2, 0.25) is 5.15 Å². The summed E-state index contributed by atoms with van der Waals surface area (Å²) in [7, 11) is 0. The van der Waals surface area contributed by atoms with Crippen molar-refractivity contribution >= 4 is 29.2 Å². The Labute approximate surface area is 136 Å². The minimum absolute atomic E-state index is 0.105. The van der Waals surface area contributed by atoms with Crippen LogP contribution in [-0.2, 0) is 4.74 Å². The molecule has 0 saturated carbocycles. The van der Waals surface area contributed by atoms with E-state index in [1.165, 1.54) is 0 Å². The molecule has 2 aliphatic rings. The third kappa shape index (κ3) is 2.41. The third-order valence-corrected chi connectivity index (χ3v) is 4.67. The fourth-order valence-corrected chi connectivity index (χ4v) is 3.37. The molecule has 22 heavy (non-hydrogen) atoms. The largest absolute Gasteiger partial charge is 0.443 e. The maximum atomic E-state index is 12.7. The van der Waals surface area contributed by atoms with Gasteiger partial charge in [0.15, 0.2) is 5.82 Å². The molecule has 120 valence electrons. The molecule has 1 unspecified atom stereocenters. The first-order valence-corrected chi connectivity index (χ1v) is 8.00. The molecule has 0 aliphatic carbocycles. The zero-order chi connectivity index (χ0) is 16.2. The van der Waals surface area contributed by atoms with Crippen LogP contribution in [0.1, 0.15) is 38.3 Å². The second kappa shape index (κ2) is 5.01. The highest BCUT2D eigenvalue weighted by molar-refractivity contribution is 6.30. The molecule has 1 aromatic heterocycles. The number of carbonyl (C=O) groups is 1. The number of rotatable bonds is 0. The first kappa shape index (κ1) is 15.4. The molecular weight excluding hydrogens is 302 g/mol. The van der Waals surface area contributed by atoms with Crippen molar-refractivity contribution in [3.8, 4) is 0 Å². The van der Waals surface area contributed by atoms with Crippen LogP contribution in [-0.4, -0.2) is 35.8 Å². The van der Waals surface area contributed by atoms with Gasteiger partial charge in [-0.15, -0.1) is 0 Å². The average Bonchev–Trinajstić information content (AvgIpc) is 2.78. The zero-order valence-corrected chi connectivity index (χ0v) is 14.5. The number of nitrogens with zero attached hydrogens (tertiary/aromatic N) is 3. The van der Waals surface area contributed by atoms with Gasteiger partial charge in [-0.05, 0) is 52.2 Å². The molecule has 1 fully saturated rings. The minimum Gasteiger partial charge on any atom is -0.443 e. The van der Waals surface area contributed by atoms with Crippen LogP contribution in [0.3, 0.4) is 0 Å². The van der Waals surface area contributed by atoms with E-state index in [1.807, 2.05) is 34.6 Å². The Morgan fingerprint density at radius 2 is 2.00 bits per heavy atom. The number of ether oxygens (including phenoxy) is 1. The van der Waals surface area contributed by atoms with E-state index >= 15 is 0 Å². The van der Waals surface area contributed by atoms with E-state index in [0.717, 1.165) is 36.3 Å². The maximum absolute atomic E-state index is 12.7. The van der Waals surface area contributed by atoms with Crippen LogP contribution < -0.4 is 9.80 Å². The van der Waals surface area contributed by atoms with Gasteiger partial charge in [0.2, 0.25) is 0 Å². The normalized spacial score (nSPS) is 20.2. The molecule has 0 aromatic carbocycles. The maximum Gasteiger partial charge on any atom is 0.416 e. The summed E-state index contributed by atoms with van der Waals surface area (Å²) >= 11 is 6.26. The fourth-order valence-electron chi connectivity index (χ4n) is 3.15. The lowest BCUT2D eigenvalue weighted by atomic mass is 10.1. The van der Waals surface area contributed by atoms with Gasteiger partial charge in [0.05, 0.1) is 11.7 Å². The zero-order valence-electron chi connectivity index (χ0n) is 13.7. The van der Waals surface area contributed by atoms with Gasteiger partial charge >= 0.3 is 6.09 Å². The number of hydrogen-bond acceptors (Lipinski definition) is 4. The fraction of sp³-hybridized carbons (Fsp3) is 0.625. The highest BCUT2D eigenvalue weighted by Crippen LogP contribution is 2.43. The van der Waals surface area contributed by atoms with Crippen molar-refractivity contribution in [1.82, 2.24) is 4.98 Å². The Kier molecular flexibility index (Phi) is 3.51. The summed E-state index contributed by atoms with van der Waals surface area (Å²) in [5, 5.41) is 0.451. The van der Waals surface area contributed by atoms with Gasteiger partial charge in [0.25, 0.3) is 0 Å². The van der Waals surface area contributed by atoms with E-state index in [2.05, 4.69) is 9.88 Å². The van der Waals surface area contributed by atoms with Gasteiger partial charge in [0.1, 0.15) is 10.8 Å². The van der Waals surface area contributed by atoms with E-state index in [9.17, 15) is 4.79 Å². The highest BCUT2D eigenvalue weighted by Gasteiger charge is 2.43. The summed E-state index contributed by atoms with van der Waals surface area (Å²) in [5.74, 6) is 0.635. The minimum atomic E-state index is -0.531. The summed E-state index contributed by atoms with van der Waals surface area (Å²) in [6, 6.07) is 0.105. The first-order chi connectivity index (χ1) is 10.2. The summed E-state index contributed by atoms with van der Waals surface area (Å²) in [4.78, 5) is 21.2. The van der Waals surface area contributed by atoms with Gasteiger partial charge in [-0.3, -0.25) is 4.90 Å². The predicted octanol–water partition coefficient (Wildman–Crippen LogP) is 3.69. The molecule has 1 aromatic rings. The lowest BCUT2D eigenvalue weighted by molar-refractivity contribution is 0.0566. The van der Waals surface area contributed by atoms with E-state index in [-0.39, 0.29) is 12.1 Å². The lowest BCUT2D eigenvalue weighted by Gasteiger charge is -2.37. The molecule has 1 atom stereocenters. The molecule has 2 aliphatic heterocycles. The van der Waals surface area contributed by atoms with E-state index in [0.29, 0.717) is 11.0 Å². The van der Waals surface area contributed by atoms with Crippen molar-refractivity contribution in [2.75, 3.05) is 22.9 Å². The SMILES string of the molecule is Cc1c(Cl)nc2c(c1C)N1CCC(C1)N2C(=O)OC(C)(C)C. The Bertz CT molecular complexity index is 639. The van der Waals surface area contributed by atoms with Crippen LogP contribution >= 0.6 is 11.6 Å². The molecular formula is C16H22ClN3O2. The molecule has 5 nitrogen and oxygen atoms in total. The van der Waals surface area contributed by atoms with Gasteiger partial charge in [-0.2, -0.15) is 0 Å². The molecule has 1 amide bonds. The number of aromatic nitrogens is 1. The third-order valence-electron chi connectivity index (χ3n) is 4.31. The average molecular weight is 324 g/mol. The quantitative estimate of drug-likeness (QED) is 0.683. The van der Waals surface area contributed by atoms with Crippen LogP contribution in [0.25, 0.3) is 0 Å². The van der Waals surface area contributed by atoms with Crippen LogP contribution in [0.15, 0.2) is 0 Å². The van der Waals surface area contributed by atoms with Gasteiger partial charge < -0.3 is 9.64 Å². The van der Waals surface area contributed by atoms with Gasteiger partial charge in [0, 0.05) is 13.1 Å². The Morgan fingerprint density at radius 3 is 2.64 bits per heavy atom. The predicted molar refractivity (Wildman–Crippen MR) is 88.1 cm³/mol. The summed E-state index contributed by atoms with van der Waals surface area (Å²) in [6.07, 6.45) is 0.582. The summed E-state index contributed by atoms with van der Waals surface area (Å²) in [5.41, 5.74) is 2.54. The van der Waals surface area contributed by atoms with Crippen molar-refractivity contribution < 1.29 is 9.53 Å². The summed E-state index contributed by atoms with van der Waals surface area (Å²) in [6.45, 7) is 11.4. The van der Waals surface area contributed by atoms with Crippen LogP contribution in [0, 0.1) is 13.8 Å². The number of amides is 1. The van der Waals surface area contributed by atoms with Crippen molar-refractivity contribution in [2.24, 2.45) is 0 Å². The second-order valence-electron chi connectivity index (χ2n) is 7.06. The van der Waals surface area contributed by atoms with Crippen molar-refractivity contribution in [3.05, 3.63) is 16.3 Å². The van der Waals surface area contributed by atoms with E-state index < -0.39 is 5.60 Å². The molecule has 2 bridgehead atoms. The highest BCUT2D eigenvalue weighted by atomic mass is 35.5.